The molecule has 8 N–H and O–H groups in total. The molecule has 1 aliphatic carbocycles. The number of ether oxygens (including phenoxy) is 1. The van der Waals surface area contributed by atoms with Crippen molar-refractivity contribution in [2.75, 3.05) is 30.5 Å². The smallest absolute Gasteiger partial charge is 0.165 e. The fourth-order valence-electron chi connectivity index (χ4n) is 5.11. The van der Waals surface area contributed by atoms with Crippen molar-refractivity contribution in [1.82, 2.24) is 15.3 Å². The number of nitrogen functional groups attached to an aromatic ring is 3. The Kier molecular flexibility index (Phi) is 7.82. The van der Waals surface area contributed by atoms with E-state index in [-0.39, 0.29) is 5.92 Å². The summed E-state index contributed by atoms with van der Waals surface area (Å²) < 4.78 is 5.54. The molecule has 8 heteroatoms. The van der Waals surface area contributed by atoms with E-state index in [0.29, 0.717) is 29.3 Å². The van der Waals surface area contributed by atoms with Gasteiger partial charge in [0.05, 0.1) is 12.8 Å². The number of rotatable bonds is 9. The predicted octanol–water partition coefficient (Wildman–Crippen LogP) is 3.77. The maximum atomic E-state index is 6.41. The molecule has 1 fully saturated rings. The van der Waals surface area contributed by atoms with E-state index in [0.717, 1.165) is 50.0 Å². The molecular formula is C26H35N7O. The number of nitrogens with one attached hydrogen (secondary N) is 2. The van der Waals surface area contributed by atoms with Crippen LogP contribution in [0, 0.1) is 0 Å². The predicted molar refractivity (Wildman–Crippen MR) is 138 cm³/mol. The maximum absolute atomic E-state index is 6.41. The summed E-state index contributed by atoms with van der Waals surface area (Å²) in [7, 11) is 1.73. The highest BCUT2D eigenvalue weighted by atomic mass is 16.5. The average molecular weight is 462 g/mol. The fourth-order valence-corrected chi connectivity index (χ4v) is 5.11. The van der Waals surface area contributed by atoms with E-state index in [1.54, 1.807) is 13.3 Å². The summed E-state index contributed by atoms with van der Waals surface area (Å²) >= 11 is 0. The zero-order chi connectivity index (χ0) is 23.9. The van der Waals surface area contributed by atoms with E-state index in [4.69, 9.17) is 22.0 Å². The third-order valence-corrected chi connectivity index (χ3v) is 6.89. The molecule has 8 nitrogen and oxygen atoms in total. The van der Waals surface area contributed by atoms with Crippen LogP contribution < -0.4 is 32.8 Å². The van der Waals surface area contributed by atoms with Gasteiger partial charge in [-0.05, 0) is 67.8 Å². The zero-order valence-corrected chi connectivity index (χ0v) is 19.7. The van der Waals surface area contributed by atoms with Crippen LogP contribution in [0.1, 0.15) is 60.6 Å². The molecule has 0 aliphatic heterocycles. The van der Waals surface area contributed by atoms with Gasteiger partial charge in [-0.25, -0.2) is 10.8 Å². The van der Waals surface area contributed by atoms with E-state index in [9.17, 15) is 0 Å². The van der Waals surface area contributed by atoms with E-state index in [2.05, 4.69) is 32.8 Å². The molecule has 2 aromatic heterocycles. The highest BCUT2D eigenvalue weighted by Gasteiger charge is 2.25. The number of hydrogen-bond donors (Lipinski definition) is 5. The minimum absolute atomic E-state index is 0.0853. The highest BCUT2D eigenvalue weighted by Crippen LogP contribution is 2.38. The van der Waals surface area contributed by atoms with Crippen LogP contribution in [0.3, 0.4) is 0 Å². The molecule has 1 aliphatic rings. The Bertz CT molecular complexity index is 1070. The maximum Gasteiger partial charge on any atom is 0.165 e. The van der Waals surface area contributed by atoms with Crippen molar-refractivity contribution >= 4 is 17.3 Å². The van der Waals surface area contributed by atoms with Crippen molar-refractivity contribution in [3.8, 4) is 5.75 Å². The van der Waals surface area contributed by atoms with Crippen LogP contribution >= 0.6 is 0 Å². The lowest BCUT2D eigenvalue weighted by Gasteiger charge is -2.30. The Balaban J connectivity index is 1.40. The number of methoxy groups -OCH3 is 1. The van der Waals surface area contributed by atoms with Crippen LogP contribution in [-0.4, -0.2) is 29.7 Å². The first kappa shape index (κ1) is 23.8. The molecule has 180 valence electrons. The monoisotopic (exact) mass is 461 g/mol. The van der Waals surface area contributed by atoms with Crippen molar-refractivity contribution in [2.45, 2.75) is 50.0 Å². The summed E-state index contributed by atoms with van der Waals surface area (Å²) in [4.78, 5) is 8.52. The lowest BCUT2D eigenvalue weighted by molar-refractivity contribution is 0.331. The van der Waals surface area contributed by atoms with E-state index < -0.39 is 0 Å². The first-order valence-corrected chi connectivity index (χ1v) is 11.9. The minimum Gasteiger partial charge on any atom is -0.496 e. The molecule has 3 aromatic rings. The Labute approximate surface area is 201 Å². The topological polar surface area (TPSA) is 137 Å². The second-order valence-corrected chi connectivity index (χ2v) is 8.92. The van der Waals surface area contributed by atoms with Gasteiger partial charge in [-0.3, -0.25) is 4.98 Å². The van der Waals surface area contributed by atoms with Crippen LogP contribution in [0.4, 0.5) is 17.3 Å². The molecule has 1 atom stereocenters. The Morgan fingerprint density at radius 3 is 2.56 bits per heavy atom. The molecule has 4 rings (SSSR count). The van der Waals surface area contributed by atoms with Gasteiger partial charge in [0, 0.05) is 29.9 Å². The van der Waals surface area contributed by atoms with Gasteiger partial charge in [-0.1, -0.05) is 30.3 Å². The van der Waals surface area contributed by atoms with Crippen molar-refractivity contribution in [3.05, 3.63) is 71.5 Å². The van der Waals surface area contributed by atoms with E-state index in [1.165, 1.54) is 11.1 Å². The van der Waals surface area contributed by atoms with Crippen LogP contribution in [0.15, 0.2) is 54.9 Å². The number of aromatic nitrogens is 2. The summed E-state index contributed by atoms with van der Waals surface area (Å²) in [5, 5.41) is 3.78. The molecule has 34 heavy (non-hydrogen) atoms. The summed E-state index contributed by atoms with van der Waals surface area (Å²) in [5.41, 5.74) is 18.9. The van der Waals surface area contributed by atoms with Gasteiger partial charge in [0.25, 0.3) is 0 Å². The van der Waals surface area contributed by atoms with Crippen molar-refractivity contribution in [2.24, 2.45) is 5.84 Å². The summed E-state index contributed by atoms with van der Waals surface area (Å²) in [6, 6.07) is 14.7. The number of hydrazine groups is 1. The second kappa shape index (κ2) is 11.2. The summed E-state index contributed by atoms with van der Waals surface area (Å²) in [6.07, 6.45) is 9.14. The second-order valence-electron chi connectivity index (χ2n) is 8.92. The molecule has 1 saturated carbocycles. The van der Waals surface area contributed by atoms with Gasteiger partial charge in [-0.2, -0.15) is 0 Å². The lowest BCUT2D eigenvalue weighted by atomic mass is 9.81. The van der Waals surface area contributed by atoms with Gasteiger partial charge in [0.15, 0.2) is 5.82 Å². The van der Waals surface area contributed by atoms with Crippen LogP contribution in [-0.2, 0) is 0 Å². The number of anilines is 3. The Hall–Kier alpha value is -3.36. The van der Waals surface area contributed by atoms with Gasteiger partial charge in [0.2, 0.25) is 0 Å². The van der Waals surface area contributed by atoms with Gasteiger partial charge in [-0.15, -0.1) is 0 Å². The SMILES string of the molecule is COc1ccncc1C1CCC(NCCC(c2ccccc2)c2cc(N)nc(NN)c2N)CC1. The molecule has 0 bridgehead atoms. The van der Waals surface area contributed by atoms with Crippen molar-refractivity contribution in [3.63, 3.8) is 0 Å². The van der Waals surface area contributed by atoms with Crippen LogP contribution in [0.25, 0.3) is 0 Å². The van der Waals surface area contributed by atoms with E-state index in [1.807, 2.05) is 36.5 Å². The van der Waals surface area contributed by atoms with Gasteiger partial charge in [0.1, 0.15) is 11.6 Å². The first-order chi connectivity index (χ1) is 16.6. The zero-order valence-electron chi connectivity index (χ0n) is 19.7. The number of nitrogens with two attached hydrogens (primary N) is 3. The van der Waals surface area contributed by atoms with Gasteiger partial charge >= 0.3 is 0 Å². The molecule has 1 unspecified atom stereocenters. The van der Waals surface area contributed by atoms with E-state index >= 15 is 0 Å². The minimum atomic E-state index is 0.0853. The molecule has 2 heterocycles. The number of pyridine rings is 2. The highest BCUT2D eigenvalue weighted by molar-refractivity contribution is 5.70. The molecule has 0 radical (unpaired) electrons. The standard InChI is InChI=1S/C26H35N7O/c1-34-23-12-13-30-16-22(23)18-7-9-19(10-8-18)31-14-11-20(17-5-3-2-4-6-17)21-15-24(27)32-26(33-29)25(21)28/h2-6,12-13,15-16,18-20,31H,7-11,14,28-29H2,1H3,(H3,27,32,33). The molecule has 1 aromatic carbocycles. The van der Waals surface area contributed by atoms with Crippen LogP contribution in [0.2, 0.25) is 0 Å². The quantitative estimate of drug-likeness (QED) is 0.240. The number of hydrogen-bond acceptors (Lipinski definition) is 8. The Morgan fingerprint density at radius 2 is 1.85 bits per heavy atom. The number of benzene rings is 1. The third-order valence-electron chi connectivity index (χ3n) is 6.89. The molecule has 0 spiro atoms. The number of nitrogens with zero attached hydrogens (tertiary/aromatic N) is 2. The normalized spacial score (nSPS) is 18.9. The molecule has 0 amide bonds. The average Bonchev–Trinajstić information content (AvgIpc) is 2.89. The molecular weight excluding hydrogens is 426 g/mol. The van der Waals surface area contributed by atoms with Crippen molar-refractivity contribution < 1.29 is 4.74 Å². The molecule has 0 saturated heterocycles. The van der Waals surface area contributed by atoms with Crippen LogP contribution in [0.5, 0.6) is 5.75 Å². The first-order valence-electron chi connectivity index (χ1n) is 11.9. The summed E-state index contributed by atoms with van der Waals surface area (Å²) in [6.45, 7) is 0.873. The van der Waals surface area contributed by atoms with Crippen molar-refractivity contribution in [1.29, 1.82) is 0 Å². The summed E-state index contributed by atoms with van der Waals surface area (Å²) in [5.74, 6) is 7.96. The third kappa shape index (κ3) is 5.40. The van der Waals surface area contributed by atoms with Gasteiger partial charge < -0.3 is 26.9 Å². The Morgan fingerprint density at radius 1 is 1.09 bits per heavy atom. The largest absolute Gasteiger partial charge is 0.496 e. The fraction of sp³-hybridized carbons (Fsp3) is 0.385. The lowest BCUT2D eigenvalue weighted by Crippen LogP contribution is -2.34.